The van der Waals surface area contributed by atoms with E-state index in [-0.39, 0.29) is 24.9 Å². The number of aliphatic hydroxyl groups is 1. The van der Waals surface area contributed by atoms with E-state index in [0.29, 0.717) is 18.0 Å². The molecule has 0 saturated heterocycles. The van der Waals surface area contributed by atoms with Gasteiger partial charge in [0, 0.05) is 24.8 Å². The second-order valence-electron chi connectivity index (χ2n) is 4.45. The summed E-state index contributed by atoms with van der Waals surface area (Å²) >= 11 is 0. The number of amides is 1. The fourth-order valence-electron chi connectivity index (χ4n) is 1.59. The molecule has 0 aromatic heterocycles. The van der Waals surface area contributed by atoms with Crippen molar-refractivity contribution in [3.05, 3.63) is 23.8 Å². The van der Waals surface area contributed by atoms with E-state index < -0.39 is 0 Å². The van der Waals surface area contributed by atoms with Gasteiger partial charge in [-0.3, -0.25) is 4.79 Å². The molecular formula is C14H21NO4. The van der Waals surface area contributed by atoms with Crippen LogP contribution in [0.15, 0.2) is 18.2 Å². The minimum atomic E-state index is -0.0937. The number of hydrogen-bond donors (Lipinski definition) is 2. The van der Waals surface area contributed by atoms with Crippen LogP contribution in [0.2, 0.25) is 0 Å². The Morgan fingerprint density at radius 2 is 2.11 bits per heavy atom. The average molecular weight is 267 g/mol. The molecule has 19 heavy (non-hydrogen) atoms. The predicted octanol–water partition coefficient (Wildman–Crippen LogP) is 0.991. The fourth-order valence-corrected chi connectivity index (χ4v) is 1.59. The van der Waals surface area contributed by atoms with Gasteiger partial charge in [-0.1, -0.05) is 13.0 Å². The van der Waals surface area contributed by atoms with Gasteiger partial charge in [0.1, 0.15) is 11.5 Å². The molecule has 1 aromatic rings. The highest BCUT2D eigenvalue weighted by atomic mass is 16.5. The zero-order valence-corrected chi connectivity index (χ0v) is 11.6. The molecule has 1 rings (SSSR count). The number of hydrogen-bond acceptors (Lipinski definition) is 4. The summed E-state index contributed by atoms with van der Waals surface area (Å²) < 4.78 is 10.3. The molecule has 1 atom stereocenters. The van der Waals surface area contributed by atoms with Gasteiger partial charge in [0.15, 0.2) is 0 Å². The lowest BCUT2D eigenvalue weighted by atomic mass is 10.1. The van der Waals surface area contributed by atoms with Gasteiger partial charge in [0.05, 0.1) is 20.6 Å². The molecule has 1 unspecified atom stereocenters. The van der Waals surface area contributed by atoms with Gasteiger partial charge >= 0.3 is 0 Å². The molecule has 0 radical (unpaired) electrons. The molecule has 0 fully saturated rings. The van der Waals surface area contributed by atoms with Crippen LogP contribution in [0.25, 0.3) is 0 Å². The van der Waals surface area contributed by atoms with Crippen molar-refractivity contribution in [2.45, 2.75) is 13.3 Å². The van der Waals surface area contributed by atoms with E-state index in [0.717, 1.165) is 5.56 Å². The van der Waals surface area contributed by atoms with Crippen LogP contribution >= 0.6 is 0 Å². The van der Waals surface area contributed by atoms with Gasteiger partial charge in [0.2, 0.25) is 5.91 Å². The van der Waals surface area contributed by atoms with Gasteiger partial charge in [-0.25, -0.2) is 0 Å². The first-order valence-electron chi connectivity index (χ1n) is 6.19. The number of nitrogens with one attached hydrogen (secondary N) is 1. The Kier molecular flexibility index (Phi) is 6.15. The third-order valence-electron chi connectivity index (χ3n) is 2.80. The first-order valence-corrected chi connectivity index (χ1v) is 6.19. The summed E-state index contributed by atoms with van der Waals surface area (Å²) in [6.45, 7) is 2.40. The lowest BCUT2D eigenvalue weighted by Crippen LogP contribution is -2.30. The third-order valence-corrected chi connectivity index (χ3v) is 2.80. The minimum Gasteiger partial charge on any atom is -0.497 e. The first kappa shape index (κ1) is 15.3. The Hall–Kier alpha value is -1.75. The van der Waals surface area contributed by atoms with Gasteiger partial charge < -0.3 is 19.9 Å². The van der Waals surface area contributed by atoms with Crippen molar-refractivity contribution in [1.29, 1.82) is 0 Å². The lowest BCUT2D eigenvalue weighted by molar-refractivity contribution is -0.120. The zero-order valence-electron chi connectivity index (χ0n) is 11.6. The van der Waals surface area contributed by atoms with Crippen molar-refractivity contribution >= 4 is 5.91 Å². The molecule has 5 nitrogen and oxygen atoms in total. The van der Waals surface area contributed by atoms with Gasteiger partial charge in [-0.2, -0.15) is 0 Å². The van der Waals surface area contributed by atoms with Crippen LogP contribution in [-0.2, 0) is 11.2 Å². The standard InChI is InChI=1S/C14H21NO4/c1-10(9-16)8-15-14(17)6-11-4-5-12(18-2)7-13(11)19-3/h4-5,7,10,16H,6,8-9H2,1-3H3,(H,15,17). The predicted molar refractivity (Wildman–Crippen MR) is 72.5 cm³/mol. The molecule has 1 amide bonds. The van der Waals surface area contributed by atoms with Crippen LogP contribution in [0.1, 0.15) is 12.5 Å². The summed E-state index contributed by atoms with van der Waals surface area (Å²) in [4.78, 5) is 11.8. The Balaban J connectivity index is 2.63. The highest BCUT2D eigenvalue weighted by Gasteiger charge is 2.10. The molecule has 2 N–H and O–H groups in total. The summed E-state index contributed by atoms with van der Waals surface area (Å²) in [5.74, 6) is 1.28. The maximum atomic E-state index is 11.8. The monoisotopic (exact) mass is 267 g/mol. The molecule has 0 aliphatic heterocycles. The maximum absolute atomic E-state index is 11.8. The van der Waals surface area contributed by atoms with Crippen LogP contribution in [-0.4, -0.2) is 38.4 Å². The summed E-state index contributed by atoms with van der Waals surface area (Å²) in [7, 11) is 3.14. The number of aliphatic hydroxyl groups excluding tert-OH is 1. The molecule has 0 saturated carbocycles. The van der Waals surface area contributed by atoms with Crippen molar-refractivity contribution in [2.24, 2.45) is 5.92 Å². The van der Waals surface area contributed by atoms with E-state index in [9.17, 15) is 4.79 Å². The zero-order chi connectivity index (χ0) is 14.3. The van der Waals surface area contributed by atoms with Crippen LogP contribution in [0.4, 0.5) is 0 Å². The summed E-state index contributed by atoms with van der Waals surface area (Å²) in [6, 6.07) is 5.35. The minimum absolute atomic E-state index is 0.0571. The molecule has 0 aliphatic carbocycles. The third kappa shape index (κ3) is 4.79. The lowest BCUT2D eigenvalue weighted by Gasteiger charge is -2.12. The van der Waals surface area contributed by atoms with Crippen molar-refractivity contribution in [3.8, 4) is 11.5 Å². The number of benzene rings is 1. The van der Waals surface area contributed by atoms with E-state index >= 15 is 0 Å². The molecule has 1 aromatic carbocycles. The van der Waals surface area contributed by atoms with Crippen molar-refractivity contribution in [1.82, 2.24) is 5.32 Å². The highest BCUT2D eigenvalue weighted by molar-refractivity contribution is 5.79. The van der Waals surface area contributed by atoms with Gasteiger partial charge in [0.25, 0.3) is 0 Å². The largest absolute Gasteiger partial charge is 0.497 e. The molecule has 0 bridgehead atoms. The average Bonchev–Trinajstić information content (AvgIpc) is 2.45. The second kappa shape index (κ2) is 7.63. The topological polar surface area (TPSA) is 67.8 Å². The maximum Gasteiger partial charge on any atom is 0.224 e. The van der Waals surface area contributed by atoms with Crippen LogP contribution < -0.4 is 14.8 Å². The van der Waals surface area contributed by atoms with E-state index in [1.807, 2.05) is 13.0 Å². The molecule has 5 heteroatoms. The van der Waals surface area contributed by atoms with Crippen LogP contribution in [0, 0.1) is 5.92 Å². The molecule has 106 valence electrons. The number of carbonyl (C=O) groups excluding carboxylic acids is 1. The number of rotatable bonds is 7. The van der Waals surface area contributed by atoms with Crippen LogP contribution in [0.3, 0.4) is 0 Å². The fraction of sp³-hybridized carbons (Fsp3) is 0.500. The number of methoxy groups -OCH3 is 2. The Morgan fingerprint density at radius 3 is 2.68 bits per heavy atom. The Bertz CT molecular complexity index is 420. The normalized spacial score (nSPS) is 11.8. The van der Waals surface area contributed by atoms with E-state index in [1.165, 1.54) is 0 Å². The van der Waals surface area contributed by atoms with E-state index in [1.54, 1.807) is 26.4 Å². The molecule has 0 spiro atoms. The van der Waals surface area contributed by atoms with Crippen molar-refractivity contribution < 1.29 is 19.4 Å². The molecule has 0 aliphatic rings. The first-order chi connectivity index (χ1) is 9.10. The molecule has 0 heterocycles. The number of carbonyl (C=O) groups is 1. The molecular weight excluding hydrogens is 246 g/mol. The van der Waals surface area contributed by atoms with Gasteiger partial charge in [-0.05, 0) is 12.0 Å². The smallest absolute Gasteiger partial charge is 0.224 e. The van der Waals surface area contributed by atoms with Gasteiger partial charge in [-0.15, -0.1) is 0 Å². The Morgan fingerprint density at radius 1 is 1.37 bits per heavy atom. The van der Waals surface area contributed by atoms with Crippen molar-refractivity contribution in [3.63, 3.8) is 0 Å². The number of ether oxygens (including phenoxy) is 2. The SMILES string of the molecule is COc1ccc(CC(=O)NCC(C)CO)c(OC)c1. The van der Waals surface area contributed by atoms with E-state index in [2.05, 4.69) is 5.32 Å². The Labute approximate surface area is 113 Å². The van der Waals surface area contributed by atoms with Crippen molar-refractivity contribution in [2.75, 3.05) is 27.4 Å². The summed E-state index contributed by atoms with van der Waals surface area (Å²) in [5, 5.41) is 11.7. The van der Waals surface area contributed by atoms with E-state index in [4.69, 9.17) is 14.6 Å². The highest BCUT2D eigenvalue weighted by Crippen LogP contribution is 2.24. The summed E-state index contributed by atoms with van der Waals surface area (Å²) in [5.41, 5.74) is 0.803. The summed E-state index contributed by atoms with van der Waals surface area (Å²) in [6.07, 6.45) is 0.241. The van der Waals surface area contributed by atoms with Crippen LogP contribution in [0.5, 0.6) is 11.5 Å². The second-order valence-corrected chi connectivity index (χ2v) is 4.45. The quantitative estimate of drug-likeness (QED) is 0.773.